The molecule has 1 saturated carbocycles. The van der Waals surface area contributed by atoms with Gasteiger partial charge in [-0.15, -0.1) is 0 Å². The number of hydrogen-bond donors (Lipinski definition) is 1. The molecular formula is C25H35N3O5. The first-order chi connectivity index (χ1) is 16.0. The number of aliphatic hydroxyl groups excluding tert-OH is 1. The maximum absolute atomic E-state index is 14.0. The molecule has 1 spiro atoms. The molecule has 0 aromatic heterocycles. The number of carbonyl (C=O) groups excluding carboxylic acids is 3. The Balaban J connectivity index is 1.55. The molecule has 5 atom stereocenters. The van der Waals surface area contributed by atoms with Crippen LogP contribution in [0.5, 0.6) is 0 Å². The lowest BCUT2D eigenvalue weighted by atomic mass is 9.77. The highest BCUT2D eigenvalue weighted by molar-refractivity contribution is 5.99. The highest BCUT2D eigenvalue weighted by atomic mass is 16.5. The largest absolute Gasteiger partial charge is 0.395 e. The molecule has 1 aliphatic carbocycles. The summed E-state index contributed by atoms with van der Waals surface area (Å²) in [5.74, 6) is -1.88. The van der Waals surface area contributed by atoms with E-state index in [0.717, 1.165) is 32.1 Å². The van der Waals surface area contributed by atoms with Crippen molar-refractivity contribution in [2.45, 2.75) is 69.2 Å². The number of aliphatic hydroxyl groups is 1. The van der Waals surface area contributed by atoms with Gasteiger partial charge in [0.05, 0.1) is 24.5 Å². The first kappa shape index (κ1) is 22.6. The van der Waals surface area contributed by atoms with Crippen molar-refractivity contribution in [1.82, 2.24) is 14.7 Å². The zero-order valence-corrected chi connectivity index (χ0v) is 19.4. The molecule has 0 aromatic carbocycles. The third-order valence-electron chi connectivity index (χ3n) is 8.12. The second-order valence-corrected chi connectivity index (χ2v) is 9.99. The molecule has 4 heterocycles. The number of rotatable bonds is 5. The van der Waals surface area contributed by atoms with Crippen molar-refractivity contribution in [2.24, 2.45) is 11.8 Å². The van der Waals surface area contributed by atoms with Crippen LogP contribution in [-0.4, -0.2) is 94.1 Å². The smallest absolute Gasteiger partial charge is 0.249 e. The van der Waals surface area contributed by atoms with Crippen LogP contribution in [0.4, 0.5) is 0 Å². The predicted octanol–water partition coefficient (Wildman–Crippen LogP) is 1.10. The standard InChI is InChI=1S/C25H35N3O5/c1-2-12-26-13-6-10-18-19(22(26)30)20-23(31)28(15-16-29)21-24(32)27(17-8-4-3-5-9-17)14-7-11-25(20,21)33-18/h6-7,10-11,17-21,29H,2-5,8-9,12-16H2,1H3/t18-,19+,20-,21?,25-/m0/s1. The molecule has 2 saturated heterocycles. The Morgan fingerprint density at radius 1 is 1.03 bits per heavy atom. The Hall–Kier alpha value is -2.19. The molecule has 0 aromatic rings. The summed E-state index contributed by atoms with van der Waals surface area (Å²) in [5.41, 5.74) is -1.18. The molecule has 0 radical (unpaired) electrons. The molecule has 180 valence electrons. The van der Waals surface area contributed by atoms with Crippen LogP contribution < -0.4 is 0 Å². The van der Waals surface area contributed by atoms with E-state index in [-0.39, 0.29) is 36.9 Å². The SMILES string of the molecule is CCCN1CC=C[C@@H]2O[C@]34C=CCN(C5CCCCC5)C(=O)C3N(CCO)C(=O)[C@@H]4[C@@H]2C1=O. The summed E-state index contributed by atoms with van der Waals surface area (Å²) in [7, 11) is 0. The first-order valence-corrected chi connectivity index (χ1v) is 12.6. The molecule has 5 rings (SSSR count). The van der Waals surface area contributed by atoms with Crippen LogP contribution in [0.1, 0.15) is 45.4 Å². The lowest BCUT2D eigenvalue weighted by Crippen LogP contribution is -2.57. The van der Waals surface area contributed by atoms with E-state index in [1.807, 2.05) is 36.1 Å². The number of carbonyl (C=O) groups is 3. The Morgan fingerprint density at radius 3 is 2.55 bits per heavy atom. The van der Waals surface area contributed by atoms with Gasteiger partial charge >= 0.3 is 0 Å². The second kappa shape index (κ2) is 8.87. The topological polar surface area (TPSA) is 90.4 Å². The average molecular weight is 458 g/mol. The van der Waals surface area contributed by atoms with Crippen LogP contribution in [0.25, 0.3) is 0 Å². The molecule has 8 heteroatoms. The van der Waals surface area contributed by atoms with Crippen molar-refractivity contribution < 1.29 is 24.2 Å². The number of ether oxygens (including phenoxy) is 1. The van der Waals surface area contributed by atoms with E-state index in [2.05, 4.69) is 0 Å². The van der Waals surface area contributed by atoms with Crippen LogP contribution in [0, 0.1) is 11.8 Å². The molecular weight excluding hydrogens is 422 g/mol. The van der Waals surface area contributed by atoms with E-state index in [1.54, 1.807) is 4.90 Å². The second-order valence-electron chi connectivity index (χ2n) is 9.99. The normalized spacial score (nSPS) is 36.7. The van der Waals surface area contributed by atoms with Gasteiger partial charge in [-0.2, -0.15) is 0 Å². The Bertz CT molecular complexity index is 866. The molecule has 8 nitrogen and oxygen atoms in total. The van der Waals surface area contributed by atoms with Crippen LogP contribution >= 0.6 is 0 Å². The summed E-state index contributed by atoms with van der Waals surface area (Å²) in [4.78, 5) is 46.6. The number of fused-ring (bicyclic) bond motifs is 2. The minimum Gasteiger partial charge on any atom is -0.395 e. The van der Waals surface area contributed by atoms with Crippen molar-refractivity contribution in [2.75, 3.05) is 32.8 Å². The Labute approximate surface area is 195 Å². The van der Waals surface area contributed by atoms with Gasteiger partial charge in [0.25, 0.3) is 0 Å². The lowest BCUT2D eigenvalue weighted by Gasteiger charge is -2.39. The van der Waals surface area contributed by atoms with Gasteiger partial charge in [0.15, 0.2) is 0 Å². The average Bonchev–Trinajstić information content (AvgIpc) is 3.12. The number of β-amino-alcohol motifs (C(OH)–C–C–N with tert-alkyl or cyclic N) is 1. The monoisotopic (exact) mass is 457 g/mol. The van der Waals surface area contributed by atoms with E-state index in [4.69, 9.17) is 4.74 Å². The van der Waals surface area contributed by atoms with Gasteiger partial charge in [0, 0.05) is 32.2 Å². The van der Waals surface area contributed by atoms with Crippen LogP contribution in [0.3, 0.4) is 0 Å². The number of amides is 3. The molecule has 1 N–H and O–H groups in total. The van der Waals surface area contributed by atoms with Gasteiger partial charge in [0.2, 0.25) is 17.7 Å². The molecule has 4 aliphatic heterocycles. The highest BCUT2D eigenvalue weighted by Crippen LogP contribution is 2.53. The minimum atomic E-state index is -1.18. The van der Waals surface area contributed by atoms with Crippen LogP contribution in [0.15, 0.2) is 24.3 Å². The summed E-state index contributed by atoms with van der Waals surface area (Å²) in [6.07, 6.45) is 13.3. The van der Waals surface area contributed by atoms with Crippen molar-refractivity contribution in [3.8, 4) is 0 Å². The molecule has 1 unspecified atom stereocenters. The minimum absolute atomic E-state index is 0.0588. The van der Waals surface area contributed by atoms with Gasteiger partial charge in [0.1, 0.15) is 11.6 Å². The fourth-order valence-corrected chi connectivity index (χ4v) is 6.75. The van der Waals surface area contributed by atoms with Gasteiger partial charge in [-0.05, 0) is 19.3 Å². The number of nitrogens with zero attached hydrogens (tertiary/aromatic N) is 3. The third kappa shape index (κ3) is 3.44. The van der Waals surface area contributed by atoms with Gasteiger partial charge in [-0.1, -0.05) is 50.5 Å². The van der Waals surface area contributed by atoms with E-state index in [0.29, 0.717) is 19.6 Å². The van der Waals surface area contributed by atoms with E-state index in [9.17, 15) is 19.5 Å². The van der Waals surface area contributed by atoms with Crippen molar-refractivity contribution >= 4 is 17.7 Å². The maximum Gasteiger partial charge on any atom is 0.249 e. The molecule has 3 fully saturated rings. The molecule has 5 aliphatic rings. The Morgan fingerprint density at radius 2 is 1.82 bits per heavy atom. The summed E-state index contributed by atoms with van der Waals surface area (Å²) in [6, 6.07) is -0.694. The predicted molar refractivity (Wildman–Crippen MR) is 121 cm³/mol. The van der Waals surface area contributed by atoms with Crippen molar-refractivity contribution in [3.63, 3.8) is 0 Å². The summed E-state index contributed by atoms with van der Waals surface area (Å²) in [6.45, 7) is 3.45. The maximum atomic E-state index is 14.0. The fraction of sp³-hybridized carbons (Fsp3) is 0.720. The Kier molecular flexibility index (Phi) is 6.07. The van der Waals surface area contributed by atoms with E-state index >= 15 is 0 Å². The molecule has 33 heavy (non-hydrogen) atoms. The zero-order valence-electron chi connectivity index (χ0n) is 19.4. The zero-order chi connectivity index (χ0) is 23.2. The highest BCUT2D eigenvalue weighted by Gasteiger charge is 2.71. The third-order valence-corrected chi connectivity index (χ3v) is 8.12. The van der Waals surface area contributed by atoms with Crippen molar-refractivity contribution in [1.29, 1.82) is 0 Å². The van der Waals surface area contributed by atoms with Crippen LogP contribution in [0.2, 0.25) is 0 Å². The fourth-order valence-electron chi connectivity index (χ4n) is 6.75. The summed E-state index contributed by atoms with van der Waals surface area (Å²) >= 11 is 0. The summed E-state index contributed by atoms with van der Waals surface area (Å²) in [5, 5.41) is 9.74. The van der Waals surface area contributed by atoms with Crippen molar-refractivity contribution in [3.05, 3.63) is 24.3 Å². The quantitative estimate of drug-likeness (QED) is 0.625. The van der Waals surface area contributed by atoms with E-state index in [1.165, 1.54) is 11.3 Å². The first-order valence-electron chi connectivity index (χ1n) is 12.6. The van der Waals surface area contributed by atoms with Crippen LogP contribution in [-0.2, 0) is 19.1 Å². The number of hydrogen-bond acceptors (Lipinski definition) is 5. The van der Waals surface area contributed by atoms with E-state index < -0.39 is 29.6 Å². The lowest BCUT2D eigenvalue weighted by molar-refractivity contribution is -0.150. The molecule has 3 amide bonds. The molecule has 0 bridgehead atoms. The van der Waals surface area contributed by atoms with Gasteiger partial charge in [-0.3, -0.25) is 14.4 Å². The summed E-state index contributed by atoms with van der Waals surface area (Å²) < 4.78 is 6.58. The number of likely N-dealkylation sites (tertiary alicyclic amines) is 1. The van der Waals surface area contributed by atoms with Gasteiger partial charge < -0.3 is 24.5 Å². The van der Waals surface area contributed by atoms with Gasteiger partial charge in [-0.25, -0.2) is 0 Å².